The van der Waals surface area contributed by atoms with Crippen LogP contribution in [-0.2, 0) is 9.59 Å². The molecule has 1 aliphatic carbocycles. The lowest BCUT2D eigenvalue weighted by molar-refractivity contribution is -0.142. The summed E-state index contributed by atoms with van der Waals surface area (Å²) >= 11 is 0. The van der Waals surface area contributed by atoms with Crippen molar-refractivity contribution in [2.45, 2.75) is 52.9 Å². The van der Waals surface area contributed by atoms with Crippen LogP contribution < -0.4 is 10.5 Å². The number of amides is 1. The van der Waals surface area contributed by atoms with Gasteiger partial charge in [0, 0.05) is 11.6 Å². The number of carbonyl (C=O) groups is 2. The monoisotopic (exact) mass is 343 g/mol. The quantitative estimate of drug-likeness (QED) is 0.475. The lowest BCUT2D eigenvalue weighted by Gasteiger charge is -2.42. The Balaban J connectivity index is 2.11. The van der Waals surface area contributed by atoms with Crippen LogP contribution in [0.15, 0.2) is 30.3 Å². The van der Waals surface area contributed by atoms with Gasteiger partial charge in [0.1, 0.15) is 5.75 Å². The van der Waals surface area contributed by atoms with Gasteiger partial charge in [0.25, 0.3) is 0 Å². The van der Waals surface area contributed by atoms with E-state index in [0.717, 1.165) is 32.1 Å². The maximum Gasteiger partial charge on any atom is 0.314 e. The number of rotatable bonds is 6. The first-order valence-corrected chi connectivity index (χ1v) is 9.14. The number of primary amides is 1. The number of hydrogen-bond acceptors (Lipinski definition) is 3. The SMILES string of the molecule is CCCC1(C)CC(C(=O)Oc2ccccc2/C=C/C(N)=O)CCC1C. The average molecular weight is 343 g/mol. The zero-order valence-electron chi connectivity index (χ0n) is 15.5. The van der Waals surface area contributed by atoms with Gasteiger partial charge in [-0.1, -0.05) is 45.4 Å². The van der Waals surface area contributed by atoms with Crippen molar-refractivity contribution in [1.82, 2.24) is 0 Å². The van der Waals surface area contributed by atoms with Crippen LogP contribution in [0, 0.1) is 17.3 Å². The summed E-state index contributed by atoms with van der Waals surface area (Å²) in [5.74, 6) is 0.330. The molecule has 2 N–H and O–H groups in total. The zero-order chi connectivity index (χ0) is 18.4. The molecule has 2 rings (SSSR count). The molecular formula is C21H29NO3. The Morgan fingerprint density at radius 1 is 1.32 bits per heavy atom. The first kappa shape index (κ1) is 19.2. The minimum atomic E-state index is -0.530. The summed E-state index contributed by atoms with van der Waals surface area (Å²) in [5.41, 5.74) is 6.02. The van der Waals surface area contributed by atoms with Gasteiger partial charge >= 0.3 is 5.97 Å². The molecular weight excluding hydrogens is 314 g/mol. The van der Waals surface area contributed by atoms with Crippen LogP contribution in [0.2, 0.25) is 0 Å². The fourth-order valence-electron chi connectivity index (χ4n) is 3.86. The summed E-state index contributed by atoms with van der Waals surface area (Å²) in [5, 5.41) is 0. The van der Waals surface area contributed by atoms with Gasteiger partial charge in [-0.15, -0.1) is 0 Å². The molecule has 0 heterocycles. The number of esters is 1. The highest BCUT2D eigenvalue weighted by Crippen LogP contribution is 2.46. The molecule has 0 aliphatic heterocycles. The molecule has 0 spiro atoms. The molecule has 3 atom stereocenters. The van der Waals surface area contributed by atoms with E-state index in [2.05, 4.69) is 20.8 Å². The molecule has 4 heteroatoms. The lowest BCUT2D eigenvalue weighted by Crippen LogP contribution is -2.37. The largest absolute Gasteiger partial charge is 0.426 e. The third kappa shape index (κ3) is 4.94. The van der Waals surface area contributed by atoms with E-state index in [-0.39, 0.29) is 17.3 Å². The highest BCUT2D eigenvalue weighted by atomic mass is 16.5. The molecule has 0 saturated heterocycles. The van der Waals surface area contributed by atoms with Crippen LogP contribution in [-0.4, -0.2) is 11.9 Å². The Bertz CT molecular complexity index is 652. The van der Waals surface area contributed by atoms with Crippen molar-refractivity contribution >= 4 is 18.0 Å². The second kappa shape index (κ2) is 8.32. The van der Waals surface area contributed by atoms with Crippen molar-refractivity contribution in [2.24, 2.45) is 23.0 Å². The maximum absolute atomic E-state index is 12.7. The fraction of sp³-hybridized carbons (Fsp3) is 0.524. The third-order valence-electron chi connectivity index (χ3n) is 5.56. The van der Waals surface area contributed by atoms with Gasteiger partial charge in [-0.25, -0.2) is 0 Å². The van der Waals surface area contributed by atoms with Crippen LogP contribution in [0.3, 0.4) is 0 Å². The van der Waals surface area contributed by atoms with Crippen LogP contribution in [0.4, 0.5) is 0 Å². The van der Waals surface area contributed by atoms with Crippen LogP contribution in [0.25, 0.3) is 6.08 Å². The van der Waals surface area contributed by atoms with E-state index in [1.54, 1.807) is 18.2 Å². The topological polar surface area (TPSA) is 69.4 Å². The highest BCUT2D eigenvalue weighted by molar-refractivity contribution is 5.91. The third-order valence-corrected chi connectivity index (χ3v) is 5.56. The van der Waals surface area contributed by atoms with Gasteiger partial charge in [-0.2, -0.15) is 0 Å². The van der Waals surface area contributed by atoms with E-state index >= 15 is 0 Å². The van der Waals surface area contributed by atoms with Crippen molar-refractivity contribution < 1.29 is 14.3 Å². The number of hydrogen-bond donors (Lipinski definition) is 1. The number of carbonyl (C=O) groups excluding carboxylic acids is 2. The zero-order valence-corrected chi connectivity index (χ0v) is 15.5. The van der Waals surface area contributed by atoms with Gasteiger partial charge < -0.3 is 10.5 Å². The minimum absolute atomic E-state index is 0.0686. The van der Waals surface area contributed by atoms with Gasteiger partial charge in [0.15, 0.2) is 0 Å². The average Bonchev–Trinajstić information content (AvgIpc) is 2.56. The molecule has 1 aliphatic rings. The Morgan fingerprint density at radius 3 is 2.72 bits per heavy atom. The maximum atomic E-state index is 12.7. The van der Waals surface area contributed by atoms with Gasteiger partial charge in [-0.05, 0) is 49.2 Å². The second-order valence-electron chi connectivity index (χ2n) is 7.48. The van der Waals surface area contributed by atoms with E-state index in [9.17, 15) is 9.59 Å². The molecule has 3 unspecified atom stereocenters. The number of ether oxygens (including phenoxy) is 1. The van der Waals surface area contributed by atoms with Crippen LogP contribution in [0.5, 0.6) is 5.75 Å². The summed E-state index contributed by atoms with van der Waals surface area (Å²) in [6, 6.07) is 7.19. The van der Waals surface area contributed by atoms with Gasteiger partial charge in [0.2, 0.25) is 5.91 Å². The molecule has 1 amide bonds. The minimum Gasteiger partial charge on any atom is -0.426 e. The van der Waals surface area contributed by atoms with E-state index in [1.165, 1.54) is 6.08 Å². The molecule has 136 valence electrons. The first-order chi connectivity index (χ1) is 11.9. The Hall–Kier alpha value is -2.10. The van der Waals surface area contributed by atoms with Crippen molar-refractivity contribution in [3.63, 3.8) is 0 Å². The van der Waals surface area contributed by atoms with Crippen LogP contribution >= 0.6 is 0 Å². The molecule has 0 aromatic heterocycles. The lowest BCUT2D eigenvalue weighted by atomic mass is 9.63. The summed E-state index contributed by atoms with van der Waals surface area (Å²) in [6.07, 6.45) is 7.92. The van der Waals surface area contributed by atoms with Crippen molar-refractivity contribution in [1.29, 1.82) is 0 Å². The number of benzene rings is 1. The number of nitrogens with two attached hydrogens (primary N) is 1. The normalized spacial score (nSPS) is 26.5. The highest BCUT2D eigenvalue weighted by Gasteiger charge is 2.40. The summed E-state index contributed by atoms with van der Waals surface area (Å²) in [4.78, 5) is 23.7. The molecule has 0 radical (unpaired) electrons. The Kier molecular flexibility index (Phi) is 6.40. The van der Waals surface area contributed by atoms with Gasteiger partial charge in [0.05, 0.1) is 5.92 Å². The molecule has 0 bridgehead atoms. The number of para-hydroxylation sites is 1. The molecule has 1 saturated carbocycles. The van der Waals surface area contributed by atoms with E-state index in [0.29, 0.717) is 17.2 Å². The predicted molar refractivity (Wildman–Crippen MR) is 99.8 cm³/mol. The van der Waals surface area contributed by atoms with Crippen molar-refractivity contribution in [3.05, 3.63) is 35.9 Å². The van der Waals surface area contributed by atoms with E-state index in [4.69, 9.17) is 10.5 Å². The molecule has 25 heavy (non-hydrogen) atoms. The predicted octanol–water partition coefficient (Wildman–Crippen LogP) is 4.33. The van der Waals surface area contributed by atoms with Crippen LogP contribution in [0.1, 0.15) is 58.4 Å². The summed E-state index contributed by atoms with van der Waals surface area (Å²) < 4.78 is 5.68. The van der Waals surface area contributed by atoms with Crippen molar-refractivity contribution in [3.8, 4) is 5.75 Å². The van der Waals surface area contributed by atoms with Gasteiger partial charge in [-0.3, -0.25) is 9.59 Å². The van der Waals surface area contributed by atoms with E-state index < -0.39 is 5.91 Å². The summed E-state index contributed by atoms with van der Waals surface area (Å²) in [7, 11) is 0. The Morgan fingerprint density at radius 2 is 2.04 bits per heavy atom. The Labute approximate surface area is 150 Å². The van der Waals surface area contributed by atoms with Crippen molar-refractivity contribution in [2.75, 3.05) is 0 Å². The molecule has 1 aromatic carbocycles. The van der Waals surface area contributed by atoms with E-state index in [1.807, 2.05) is 12.1 Å². The smallest absolute Gasteiger partial charge is 0.314 e. The standard InChI is InChI=1S/C21H29NO3/c1-4-13-21(3)14-17(10-9-15(21)2)20(24)25-18-8-6-5-7-16(18)11-12-19(22)23/h5-8,11-12,15,17H,4,9-10,13-14H2,1-3H3,(H2,22,23)/b12-11+. The second-order valence-corrected chi connectivity index (χ2v) is 7.48. The molecule has 1 fully saturated rings. The first-order valence-electron chi connectivity index (χ1n) is 9.14. The molecule has 4 nitrogen and oxygen atoms in total. The fourth-order valence-corrected chi connectivity index (χ4v) is 3.86. The molecule has 1 aromatic rings. The summed E-state index contributed by atoms with van der Waals surface area (Å²) in [6.45, 7) is 6.78.